The van der Waals surface area contributed by atoms with Crippen LogP contribution in [0.1, 0.15) is 12.0 Å². The fraction of sp³-hybridized carbons (Fsp3) is 0.385. The van der Waals surface area contributed by atoms with E-state index in [2.05, 4.69) is 5.32 Å². The Morgan fingerprint density at radius 2 is 2.14 bits per heavy atom. The van der Waals surface area contributed by atoms with Crippen molar-refractivity contribution in [3.63, 3.8) is 0 Å². The zero-order chi connectivity index (χ0) is 16.3. The molecule has 2 amide bonds. The molecular weight excluding hydrogens is 305 g/mol. The van der Waals surface area contributed by atoms with E-state index < -0.39 is 35.6 Å². The quantitative estimate of drug-likeness (QED) is 0.563. The lowest BCUT2D eigenvalue weighted by Crippen LogP contribution is -2.52. The van der Waals surface area contributed by atoms with Crippen molar-refractivity contribution in [3.8, 4) is 5.75 Å². The Kier molecular flexibility index (Phi) is 4.55. The van der Waals surface area contributed by atoms with Gasteiger partial charge in [0.2, 0.25) is 5.91 Å². The number of benzene rings is 1. The number of piperidine rings is 1. The predicted octanol–water partition coefficient (Wildman–Crippen LogP) is 0.612. The number of aliphatic hydroxyl groups excluding tert-OH is 1. The lowest BCUT2D eigenvalue weighted by molar-refractivity contribution is -0.146. The first kappa shape index (κ1) is 16.1. The third-order valence-corrected chi connectivity index (χ3v) is 3.12. The Morgan fingerprint density at radius 1 is 1.41 bits per heavy atom. The van der Waals surface area contributed by atoms with E-state index in [-0.39, 0.29) is 18.7 Å². The highest BCUT2D eigenvalue weighted by atomic mass is 19.4. The normalized spacial score (nSPS) is 21.9. The van der Waals surface area contributed by atoms with Crippen molar-refractivity contribution in [1.82, 2.24) is 10.8 Å². The van der Waals surface area contributed by atoms with Gasteiger partial charge in [0.15, 0.2) is 5.75 Å². The fourth-order valence-electron chi connectivity index (χ4n) is 2.00. The molecule has 120 valence electrons. The van der Waals surface area contributed by atoms with Crippen LogP contribution in [0.2, 0.25) is 0 Å². The summed E-state index contributed by atoms with van der Waals surface area (Å²) in [6.45, 7) is 0.248. The van der Waals surface area contributed by atoms with Crippen molar-refractivity contribution in [3.05, 3.63) is 29.8 Å². The number of amides is 2. The molecule has 0 aliphatic carbocycles. The molecule has 0 radical (unpaired) electrons. The van der Waals surface area contributed by atoms with E-state index in [0.29, 0.717) is 6.07 Å². The predicted molar refractivity (Wildman–Crippen MR) is 67.3 cm³/mol. The molecule has 0 spiro atoms. The minimum absolute atomic E-state index is 0.202. The Balaban J connectivity index is 2.00. The number of carbonyl (C=O) groups excluding carboxylic acids is 2. The highest BCUT2D eigenvalue weighted by Crippen LogP contribution is 2.31. The molecule has 3 N–H and O–H groups in total. The first-order chi connectivity index (χ1) is 10.3. The number of rotatable bonds is 3. The van der Waals surface area contributed by atoms with Gasteiger partial charge in [-0.3, -0.25) is 9.59 Å². The van der Waals surface area contributed by atoms with Crippen LogP contribution in [0.5, 0.6) is 5.75 Å². The first-order valence-corrected chi connectivity index (χ1v) is 6.39. The number of carbonyl (C=O) groups is 2. The van der Waals surface area contributed by atoms with Crippen LogP contribution in [0.25, 0.3) is 0 Å². The Hall–Kier alpha value is -2.29. The van der Waals surface area contributed by atoms with Crippen molar-refractivity contribution < 1.29 is 32.7 Å². The smallest absolute Gasteiger partial charge is 0.392 e. The van der Waals surface area contributed by atoms with Crippen LogP contribution in [-0.2, 0) is 15.8 Å². The van der Waals surface area contributed by atoms with Crippen LogP contribution in [0.3, 0.4) is 0 Å². The molecule has 22 heavy (non-hydrogen) atoms. The van der Waals surface area contributed by atoms with Gasteiger partial charge in [0.25, 0.3) is 5.91 Å². The Morgan fingerprint density at radius 3 is 2.77 bits per heavy atom. The summed E-state index contributed by atoms with van der Waals surface area (Å²) in [5.74, 6) is -3.19. The summed E-state index contributed by atoms with van der Waals surface area (Å²) in [5.41, 5.74) is 0.946. The van der Waals surface area contributed by atoms with Crippen molar-refractivity contribution in [2.24, 2.45) is 5.92 Å². The number of aliphatic hydroxyl groups is 1. The molecule has 9 heteroatoms. The van der Waals surface area contributed by atoms with E-state index in [1.165, 1.54) is 6.07 Å². The highest BCUT2D eigenvalue weighted by Gasteiger charge is 2.37. The summed E-state index contributed by atoms with van der Waals surface area (Å²) in [6, 6.07) is 3.89. The Bertz CT molecular complexity index is 577. The molecular formula is C13H13F3N2O4. The molecule has 6 nitrogen and oxygen atoms in total. The minimum Gasteiger partial charge on any atom is -0.392 e. The van der Waals surface area contributed by atoms with Crippen LogP contribution >= 0.6 is 0 Å². The van der Waals surface area contributed by atoms with Gasteiger partial charge in [0, 0.05) is 6.54 Å². The second-order valence-electron chi connectivity index (χ2n) is 4.72. The number of hydrogen-bond donors (Lipinski definition) is 3. The molecule has 0 bridgehead atoms. The van der Waals surface area contributed by atoms with E-state index in [9.17, 15) is 27.9 Å². The van der Waals surface area contributed by atoms with Crippen molar-refractivity contribution >= 4 is 11.8 Å². The SMILES string of the molecule is O=C1NCCC(O)C1C(=O)NOc1cccc(C(F)(F)F)c1. The van der Waals surface area contributed by atoms with E-state index in [1.54, 1.807) is 0 Å². The summed E-state index contributed by atoms with van der Waals surface area (Å²) < 4.78 is 37.6. The molecule has 0 saturated carbocycles. The molecule has 1 aliphatic heterocycles. The average Bonchev–Trinajstić information content (AvgIpc) is 2.44. The van der Waals surface area contributed by atoms with Crippen molar-refractivity contribution in [2.75, 3.05) is 6.54 Å². The molecule has 1 heterocycles. The number of hydrogen-bond acceptors (Lipinski definition) is 4. The summed E-state index contributed by atoms with van der Waals surface area (Å²) in [5, 5.41) is 12.0. The maximum atomic E-state index is 12.5. The van der Waals surface area contributed by atoms with Gasteiger partial charge in [-0.25, -0.2) is 0 Å². The maximum absolute atomic E-state index is 12.5. The van der Waals surface area contributed by atoms with Gasteiger partial charge in [-0.15, -0.1) is 0 Å². The standard InChI is InChI=1S/C13H13F3N2O4/c14-13(15,16)7-2-1-3-8(6-7)22-18-12(21)10-9(19)4-5-17-11(10)20/h1-3,6,9-10,19H,4-5H2,(H,17,20)(H,18,21). The van der Waals surface area contributed by atoms with Crippen molar-refractivity contribution in [2.45, 2.75) is 18.7 Å². The molecule has 2 rings (SSSR count). The van der Waals surface area contributed by atoms with Gasteiger partial charge >= 0.3 is 6.18 Å². The molecule has 1 saturated heterocycles. The van der Waals surface area contributed by atoms with E-state index in [1.807, 2.05) is 5.48 Å². The van der Waals surface area contributed by atoms with Crippen LogP contribution < -0.4 is 15.6 Å². The molecule has 2 atom stereocenters. The second-order valence-corrected chi connectivity index (χ2v) is 4.72. The number of hydroxylamine groups is 1. The number of alkyl halides is 3. The van der Waals surface area contributed by atoms with Gasteiger partial charge in [0.1, 0.15) is 5.92 Å². The summed E-state index contributed by atoms with van der Waals surface area (Å²) in [4.78, 5) is 28.1. The summed E-state index contributed by atoms with van der Waals surface area (Å²) >= 11 is 0. The largest absolute Gasteiger partial charge is 0.416 e. The zero-order valence-electron chi connectivity index (χ0n) is 11.2. The average molecular weight is 318 g/mol. The number of nitrogens with one attached hydrogen (secondary N) is 2. The monoisotopic (exact) mass is 318 g/mol. The van der Waals surface area contributed by atoms with Gasteiger partial charge in [-0.1, -0.05) is 6.07 Å². The van der Waals surface area contributed by atoms with Gasteiger partial charge < -0.3 is 15.3 Å². The second kappa shape index (κ2) is 6.22. The zero-order valence-corrected chi connectivity index (χ0v) is 11.2. The van der Waals surface area contributed by atoms with Crippen LogP contribution in [0, 0.1) is 5.92 Å². The molecule has 1 aromatic carbocycles. The topological polar surface area (TPSA) is 87.7 Å². The summed E-state index contributed by atoms with van der Waals surface area (Å²) in [7, 11) is 0. The Labute approximate surface area is 123 Å². The van der Waals surface area contributed by atoms with E-state index >= 15 is 0 Å². The van der Waals surface area contributed by atoms with Crippen LogP contribution in [0.4, 0.5) is 13.2 Å². The molecule has 0 aromatic heterocycles. The molecule has 1 aromatic rings. The maximum Gasteiger partial charge on any atom is 0.416 e. The highest BCUT2D eigenvalue weighted by molar-refractivity contribution is 6.01. The van der Waals surface area contributed by atoms with Gasteiger partial charge in [-0.05, 0) is 24.6 Å². The minimum atomic E-state index is -4.54. The molecule has 1 fully saturated rings. The van der Waals surface area contributed by atoms with Gasteiger partial charge in [-0.2, -0.15) is 18.7 Å². The third-order valence-electron chi connectivity index (χ3n) is 3.12. The third kappa shape index (κ3) is 3.67. The lowest BCUT2D eigenvalue weighted by atomic mass is 9.95. The fourth-order valence-corrected chi connectivity index (χ4v) is 2.00. The van der Waals surface area contributed by atoms with Crippen LogP contribution in [-0.4, -0.2) is 29.6 Å². The summed E-state index contributed by atoms with van der Waals surface area (Å²) in [6.07, 6.45) is -5.50. The molecule has 1 aliphatic rings. The molecule has 2 unspecified atom stereocenters. The van der Waals surface area contributed by atoms with Gasteiger partial charge in [0.05, 0.1) is 11.7 Å². The number of halogens is 3. The van der Waals surface area contributed by atoms with Crippen LogP contribution in [0.15, 0.2) is 24.3 Å². The van der Waals surface area contributed by atoms with E-state index in [4.69, 9.17) is 4.84 Å². The van der Waals surface area contributed by atoms with Crippen molar-refractivity contribution in [1.29, 1.82) is 0 Å². The lowest BCUT2D eigenvalue weighted by Gasteiger charge is -2.25. The first-order valence-electron chi connectivity index (χ1n) is 6.39. The van der Waals surface area contributed by atoms with E-state index in [0.717, 1.165) is 12.1 Å².